The lowest BCUT2D eigenvalue weighted by molar-refractivity contribution is 0.0950. The van der Waals surface area contributed by atoms with Crippen LogP contribution in [-0.4, -0.2) is 21.6 Å². The summed E-state index contributed by atoms with van der Waals surface area (Å²) in [6.07, 6.45) is 1.69. The van der Waals surface area contributed by atoms with E-state index in [1.165, 1.54) is 0 Å². The number of aromatic amines is 1. The summed E-state index contributed by atoms with van der Waals surface area (Å²) in [7, 11) is 0. The molecule has 0 aliphatic heterocycles. The summed E-state index contributed by atoms with van der Waals surface area (Å²) in [6, 6.07) is 9.58. The van der Waals surface area contributed by atoms with Crippen molar-refractivity contribution in [2.45, 2.75) is 6.92 Å². The Morgan fingerprint density at radius 2 is 2.24 bits per heavy atom. The van der Waals surface area contributed by atoms with Crippen LogP contribution in [-0.2, 0) is 0 Å². The van der Waals surface area contributed by atoms with Crippen LogP contribution in [0, 0.1) is 0 Å². The molecular formula is C14H11BrN4OS. The van der Waals surface area contributed by atoms with Gasteiger partial charge in [0.05, 0.1) is 15.9 Å². The fourth-order valence-corrected chi connectivity index (χ4v) is 3.02. The maximum atomic E-state index is 11.9. The first-order chi connectivity index (χ1) is 10.1. The third kappa shape index (κ3) is 3.03. The average Bonchev–Trinajstić information content (AvgIpc) is 3.10. The van der Waals surface area contributed by atoms with E-state index in [1.54, 1.807) is 23.6 Å². The SMILES string of the molecule is C/C(=N/NC(=O)c1cc(Br)c[nH]1)c1nc2ccccc2s1. The van der Waals surface area contributed by atoms with Gasteiger partial charge in [-0.05, 0) is 41.1 Å². The molecule has 3 rings (SSSR count). The van der Waals surface area contributed by atoms with E-state index in [-0.39, 0.29) is 5.91 Å². The normalized spacial score (nSPS) is 11.8. The molecular weight excluding hydrogens is 352 g/mol. The van der Waals surface area contributed by atoms with E-state index in [0.29, 0.717) is 11.4 Å². The summed E-state index contributed by atoms with van der Waals surface area (Å²) in [5.74, 6) is -0.291. The molecule has 3 aromatic rings. The van der Waals surface area contributed by atoms with Crippen molar-refractivity contribution in [3.63, 3.8) is 0 Å². The van der Waals surface area contributed by atoms with Crippen molar-refractivity contribution < 1.29 is 4.79 Å². The van der Waals surface area contributed by atoms with Gasteiger partial charge in [0.2, 0.25) is 0 Å². The van der Waals surface area contributed by atoms with Gasteiger partial charge in [-0.2, -0.15) is 5.10 Å². The van der Waals surface area contributed by atoms with Crippen LogP contribution < -0.4 is 5.43 Å². The van der Waals surface area contributed by atoms with Crippen LogP contribution in [0.2, 0.25) is 0 Å². The Morgan fingerprint density at radius 3 is 2.95 bits per heavy atom. The van der Waals surface area contributed by atoms with Gasteiger partial charge in [-0.1, -0.05) is 12.1 Å². The van der Waals surface area contributed by atoms with Gasteiger partial charge in [-0.3, -0.25) is 4.79 Å². The highest BCUT2D eigenvalue weighted by atomic mass is 79.9. The first kappa shape index (κ1) is 14.0. The summed E-state index contributed by atoms with van der Waals surface area (Å²) in [6.45, 7) is 1.82. The number of H-pyrrole nitrogens is 1. The fourth-order valence-electron chi connectivity index (χ4n) is 1.77. The standard InChI is InChI=1S/C14H11BrN4OS/c1-8(14-17-10-4-2-3-5-12(10)21-14)18-19-13(20)11-6-9(15)7-16-11/h2-7,16H,1H3,(H,19,20)/b18-8-. The number of amides is 1. The lowest BCUT2D eigenvalue weighted by Crippen LogP contribution is -2.19. The van der Waals surface area contributed by atoms with Crippen LogP contribution in [0.4, 0.5) is 0 Å². The second-order valence-corrected chi connectivity index (χ2v) is 6.30. The van der Waals surface area contributed by atoms with Gasteiger partial charge in [-0.15, -0.1) is 11.3 Å². The molecule has 0 radical (unpaired) electrons. The van der Waals surface area contributed by atoms with Crippen LogP contribution in [0.1, 0.15) is 22.4 Å². The average molecular weight is 363 g/mol. The first-order valence-corrected chi connectivity index (χ1v) is 7.79. The number of carbonyl (C=O) groups is 1. The van der Waals surface area contributed by atoms with Crippen LogP contribution >= 0.6 is 27.3 Å². The highest BCUT2D eigenvalue weighted by Crippen LogP contribution is 2.21. The highest BCUT2D eigenvalue weighted by Gasteiger charge is 2.09. The van der Waals surface area contributed by atoms with Crippen molar-refractivity contribution in [1.29, 1.82) is 0 Å². The molecule has 0 saturated heterocycles. The Morgan fingerprint density at radius 1 is 1.43 bits per heavy atom. The number of nitrogens with zero attached hydrogens (tertiary/aromatic N) is 2. The van der Waals surface area contributed by atoms with Crippen LogP contribution in [0.5, 0.6) is 0 Å². The largest absolute Gasteiger partial charge is 0.356 e. The molecule has 0 saturated carbocycles. The summed E-state index contributed by atoms with van der Waals surface area (Å²) in [5, 5.41) is 4.90. The number of carbonyl (C=O) groups excluding carboxylic acids is 1. The third-order valence-electron chi connectivity index (χ3n) is 2.82. The Balaban J connectivity index is 1.78. The van der Waals surface area contributed by atoms with E-state index in [9.17, 15) is 4.79 Å². The number of hydrazone groups is 1. The van der Waals surface area contributed by atoms with Gasteiger partial charge in [0.25, 0.3) is 5.91 Å². The number of hydrogen-bond donors (Lipinski definition) is 2. The van der Waals surface area contributed by atoms with Crippen molar-refractivity contribution >= 4 is 49.1 Å². The van der Waals surface area contributed by atoms with E-state index in [1.807, 2.05) is 31.2 Å². The third-order valence-corrected chi connectivity index (χ3v) is 4.42. The van der Waals surface area contributed by atoms with Crippen molar-refractivity contribution in [2.24, 2.45) is 5.10 Å². The molecule has 0 spiro atoms. The molecule has 0 aliphatic rings. The fraction of sp³-hybridized carbons (Fsp3) is 0.0714. The Hall–Kier alpha value is -1.99. The summed E-state index contributed by atoms with van der Waals surface area (Å²) < 4.78 is 1.92. The number of halogens is 1. The molecule has 1 aromatic carbocycles. The predicted molar refractivity (Wildman–Crippen MR) is 87.8 cm³/mol. The minimum Gasteiger partial charge on any atom is -0.356 e. The van der Waals surface area contributed by atoms with E-state index in [0.717, 1.165) is 19.7 Å². The van der Waals surface area contributed by atoms with Gasteiger partial charge in [0.15, 0.2) is 0 Å². The maximum absolute atomic E-state index is 11.9. The van der Waals surface area contributed by atoms with Crippen molar-refractivity contribution in [2.75, 3.05) is 0 Å². The number of thiazole rings is 1. The Kier molecular flexibility index (Phi) is 3.85. The van der Waals surface area contributed by atoms with Gasteiger partial charge in [-0.25, -0.2) is 10.4 Å². The number of fused-ring (bicyclic) bond motifs is 1. The smallest absolute Gasteiger partial charge is 0.287 e. The molecule has 2 heterocycles. The van der Waals surface area contributed by atoms with E-state index >= 15 is 0 Å². The summed E-state index contributed by atoms with van der Waals surface area (Å²) in [4.78, 5) is 19.2. The van der Waals surface area contributed by atoms with Gasteiger partial charge < -0.3 is 4.98 Å². The molecule has 106 valence electrons. The molecule has 0 bridgehead atoms. The maximum Gasteiger partial charge on any atom is 0.287 e. The van der Waals surface area contributed by atoms with Crippen molar-refractivity contribution in [1.82, 2.24) is 15.4 Å². The molecule has 21 heavy (non-hydrogen) atoms. The van der Waals surface area contributed by atoms with Crippen molar-refractivity contribution in [3.05, 3.63) is 51.7 Å². The molecule has 5 nitrogen and oxygen atoms in total. The Bertz CT molecular complexity index is 803. The molecule has 1 amide bonds. The lowest BCUT2D eigenvalue weighted by Gasteiger charge is -1.98. The van der Waals surface area contributed by atoms with E-state index in [4.69, 9.17) is 0 Å². The van der Waals surface area contributed by atoms with Gasteiger partial charge >= 0.3 is 0 Å². The van der Waals surface area contributed by atoms with Gasteiger partial charge in [0, 0.05) is 10.7 Å². The van der Waals surface area contributed by atoms with Gasteiger partial charge in [0.1, 0.15) is 10.7 Å². The van der Waals surface area contributed by atoms with Crippen LogP contribution in [0.15, 0.2) is 46.1 Å². The molecule has 7 heteroatoms. The topological polar surface area (TPSA) is 70.1 Å². The molecule has 0 aliphatic carbocycles. The number of benzene rings is 1. The first-order valence-electron chi connectivity index (χ1n) is 6.18. The number of rotatable bonds is 3. The van der Waals surface area contributed by atoms with E-state index in [2.05, 4.69) is 36.4 Å². The molecule has 0 unspecified atom stereocenters. The Labute approximate surface area is 133 Å². The number of para-hydroxylation sites is 1. The van der Waals surface area contributed by atoms with Crippen LogP contribution in [0.3, 0.4) is 0 Å². The quantitative estimate of drug-likeness (QED) is 0.552. The lowest BCUT2D eigenvalue weighted by atomic mass is 10.3. The molecule has 0 fully saturated rings. The second-order valence-electron chi connectivity index (χ2n) is 4.36. The number of hydrogen-bond acceptors (Lipinski definition) is 4. The minimum absolute atomic E-state index is 0.291. The van der Waals surface area contributed by atoms with E-state index < -0.39 is 0 Å². The molecule has 2 aromatic heterocycles. The molecule has 0 atom stereocenters. The monoisotopic (exact) mass is 362 g/mol. The summed E-state index contributed by atoms with van der Waals surface area (Å²) >= 11 is 4.83. The zero-order valence-corrected chi connectivity index (χ0v) is 13.5. The minimum atomic E-state index is -0.291. The number of nitrogens with one attached hydrogen (secondary N) is 2. The van der Waals surface area contributed by atoms with Crippen molar-refractivity contribution in [3.8, 4) is 0 Å². The zero-order valence-electron chi connectivity index (χ0n) is 11.1. The highest BCUT2D eigenvalue weighted by molar-refractivity contribution is 9.10. The predicted octanol–water partition coefficient (Wildman–Crippen LogP) is 3.54. The van der Waals surface area contributed by atoms with Crippen LogP contribution in [0.25, 0.3) is 10.2 Å². The zero-order chi connectivity index (χ0) is 14.8. The molecule has 2 N–H and O–H groups in total. The summed E-state index contributed by atoms with van der Waals surface area (Å²) in [5.41, 5.74) is 4.58. The number of aromatic nitrogens is 2. The second kappa shape index (κ2) is 5.79.